The Kier molecular flexibility index (Phi) is 3.98. The molecule has 1 aromatic heterocycles. The summed E-state index contributed by atoms with van der Waals surface area (Å²) in [5.74, 6) is 0.468. The summed E-state index contributed by atoms with van der Waals surface area (Å²) in [6, 6.07) is 6.98. The lowest BCUT2D eigenvalue weighted by Crippen LogP contribution is -2.44. The van der Waals surface area contributed by atoms with Gasteiger partial charge in [0.05, 0.1) is 11.3 Å². The maximum Gasteiger partial charge on any atom is 0.417 e. The van der Waals surface area contributed by atoms with Crippen molar-refractivity contribution in [2.45, 2.75) is 6.18 Å². The summed E-state index contributed by atoms with van der Waals surface area (Å²) in [5.41, 5.74) is -0.315. The second-order valence-electron chi connectivity index (χ2n) is 5.02. The number of piperazine rings is 1. The van der Waals surface area contributed by atoms with Gasteiger partial charge in [-0.1, -0.05) is 18.2 Å². The molecule has 0 spiro atoms. The summed E-state index contributed by atoms with van der Waals surface area (Å²) in [4.78, 5) is 10.5. The molecule has 0 atom stereocenters. The number of alkyl halides is 3. The van der Waals surface area contributed by atoms with Crippen molar-refractivity contribution in [3.63, 3.8) is 0 Å². The molecule has 1 saturated heterocycles. The maximum absolute atomic E-state index is 13.1. The molecule has 0 unspecified atom stereocenters. The van der Waals surface area contributed by atoms with Crippen LogP contribution in [0.5, 0.6) is 0 Å². The largest absolute Gasteiger partial charge is 0.417 e. The zero-order valence-electron chi connectivity index (χ0n) is 11.8. The van der Waals surface area contributed by atoms with E-state index in [0.29, 0.717) is 5.95 Å². The Morgan fingerprint density at radius 3 is 2.50 bits per heavy atom. The van der Waals surface area contributed by atoms with E-state index in [1.54, 1.807) is 6.07 Å². The molecule has 3 rings (SSSR count). The van der Waals surface area contributed by atoms with E-state index in [4.69, 9.17) is 0 Å². The van der Waals surface area contributed by atoms with Gasteiger partial charge < -0.3 is 10.2 Å². The van der Waals surface area contributed by atoms with E-state index >= 15 is 0 Å². The van der Waals surface area contributed by atoms with Crippen LogP contribution in [0.3, 0.4) is 0 Å². The predicted octanol–water partition coefficient (Wildman–Crippen LogP) is 2.57. The van der Waals surface area contributed by atoms with Crippen LogP contribution < -0.4 is 10.2 Å². The van der Waals surface area contributed by atoms with E-state index < -0.39 is 11.7 Å². The van der Waals surface area contributed by atoms with Gasteiger partial charge in [-0.15, -0.1) is 0 Å². The molecule has 1 aliphatic rings. The van der Waals surface area contributed by atoms with Gasteiger partial charge in [0.25, 0.3) is 0 Å². The number of hydrogen-bond donors (Lipinski definition) is 1. The zero-order chi connectivity index (χ0) is 15.6. The number of halogens is 3. The van der Waals surface area contributed by atoms with Crippen LogP contribution in [0.15, 0.2) is 36.5 Å². The summed E-state index contributed by atoms with van der Waals surface area (Å²) in [6.07, 6.45) is -2.90. The van der Waals surface area contributed by atoms with E-state index in [0.717, 1.165) is 32.2 Å². The summed E-state index contributed by atoms with van der Waals surface area (Å²) in [7, 11) is 0. The maximum atomic E-state index is 13.1. The molecule has 0 saturated carbocycles. The van der Waals surface area contributed by atoms with Gasteiger partial charge in [-0.05, 0) is 12.1 Å². The molecule has 2 aromatic rings. The van der Waals surface area contributed by atoms with E-state index in [1.165, 1.54) is 24.4 Å². The fraction of sp³-hybridized carbons (Fsp3) is 0.333. The van der Waals surface area contributed by atoms with E-state index in [1.807, 2.05) is 4.90 Å². The van der Waals surface area contributed by atoms with Gasteiger partial charge in [-0.3, -0.25) is 0 Å². The van der Waals surface area contributed by atoms with Crippen molar-refractivity contribution >= 4 is 5.95 Å². The van der Waals surface area contributed by atoms with Crippen LogP contribution in [0, 0.1) is 0 Å². The molecule has 0 bridgehead atoms. The normalized spacial score (nSPS) is 15.9. The molecule has 1 aromatic carbocycles. The summed E-state index contributed by atoms with van der Waals surface area (Å²) >= 11 is 0. The summed E-state index contributed by atoms with van der Waals surface area (Å²) in [5, 5.41) is 3.21. The molecule has 4 nitrogen and oxygen atoms in total. The van der Waals surface area contributed by atoms with Crippen LogP contribution in [0.25, 0.3) is 11.3 Å². The first kappa shape index (κ1) is 14.8. The average molecular weight is 308 g/mol. The molecule has 1 fully saturated rings. The molecule has 1 aliphatic heterocycles. The van der Waals surface area contributed by atoms with Crippen molar-refractivity contribution in [3.8, 4) is 11.3 Å². The highest BCUT2D eigenvalue weighted by Gasteiger charge is 2.33. The van der Waals surface area contributed by atoms with Crippen molar-refractivity contribution in [2.24, 2.45) is 0 Å². The fourth-order valence-corrected chi connectivity index (χ4v) is 2.47. The van der Waals surface area contributed by atoms with Gasteiger partial charge in [0, 0.05) is 37.9 Å². The average Bonchev–Trinajstić information content (AvgIpc) is 2.55. The Balaban J connectivity index is 1.99. The van der Waals surface area contributed by atoms with Crippen molar-refractivity contribution in [1.82, 2.24) is 15.3 Å². The van der Waals surface area contributed by atoms with Gasteiger partial charge in [-0.2, -0.15) is 13.2 Å². The SMILES string of the molecule is FC(F)(F)c1ccccc1-c1ccnc(N2CCNCC2)n1. The molecule has 7 heteroatoms. The minimum Gasteiger partial charge on any atom is -0.338 e. The lowest BCUT2D eigenvalue weighted by molar-refractivity contribution is -0.137. The van der Waals surface area contributed by atoms with Gasteiger partial charge in [0.1, 0.15) is 0 Å². The minimum atomic E-state index is -4.41. The highest BCUT2D eigenvalue weighted by molar-refractivity contribution is 5.65. The molecule has 1 N–H and O–H groups in total. The van der Waals surface area contributed by atoms with Gasteiger partial charge in [-0.25, -0.2) is 9.97 Å². The second-order valence-corrected chi connectivity index (χ2v) is 5.02. The Labute approximate surface area is 126 Å². The standard InChI is InChI=1S/C15H15F3N4/c16-15(17,18)12-4-2-1-3-11(12)13-5-6-20-14(21-13)22-9-7-19-8-10-22/h1-6,19H,7-10H2. The first-order valence-corrected chi connectivity index (χ1v) is 7.01. The second kappa shape index (κ2) is 5.92. The lowest BCUT2D eigenvalue weighted by atomic mass is 10.0. The molecule has 0 radical (unpaired) electrons. The minimum absolute atomic E-state index is 0.0776. The van der Waals surface area contributed by atoms with Crippen molar-refractivity contribution < 1.29 is 13.2 Å². The Hall–Kier alpha value is -2.15. The fourth-order valence-electron chi connectivity index (χ4n) is 2.47. The van der Waals surface area contributed by atoms with E-state index in [-0.39, 0.29) is 11.3 Å². The van der Waals surface area contributed by atoms with Crippen LogP contribution in [-0.2, 0) is 6.18 Å². The first-order valence-electron chi connectivity index (χ1n) is 7.01. The number of rotatable bonds is 2. The van der Waals surface area contributed by atoms with Crippen molar-refractivity contribution in [1.29, 1.82) is 0 Å². The molecule has 2 heterocycles. The molecular formula is C15H15F3N4. The zero-order valence-corrected chi connectivity index (χ0v) is 11.8. The van der Waals surface area contributed by atoms with Crippen LogP contribution >= 0.6 is 0 Å². The number of nitrogens with one attached hydrogen (secondary N) is 1. The molecule has 116 valence electrons. The molecule has 0 aliphatic carbocycles. The number of hydrogen-bond acceptors (Lipinski definition) is 4. The van der Waals surface area contributed by atoms with Crippen molar-refractivity contribution in [3.05, 3.63) is 42.1 Å². The smallest absolute Gasteiger partial charge is 0.338 e. The molecular weight excluding hydrogens is 293 g/mol. The number of aromatic nitrogens is 2. The van der Waals surface area contributed by atoms with E-state index in [2.05, 4.69) is 15.3 Å². The molecule has 22 heavy (non-hydrogen) atoms. The van der Waals surface area contributed by atoms with Gasteiger partial charge in [0.2, 0.25) is 5.95 Å². The molecule has 0 amide bonds. The number of benzene rings is 1. The van der Waals surface area contributed by atoms with E-state index in [9.17, 15) is 13.2 Å². The summed E-state index contributed by atoms with van der Waals surface area (Å²) in [6.45, 7) is 3.11. The lowest BCUT2D eigenvalue weighted by Gasteiger charge is -2.27. The predicted molar refractivity (Wildman–Crippen MR) is 77.6 cm³/mol. The third kappa shape index (κ3) is 3.04. The third-order valence-electron chi connectivity index (χ3n) is 3.55. The highest BCUT2D eigenvalue weighted by Crippen LogP contribution is 2.36. The highest BCUT2D eigenvalue weighted by atomic mass is 19.4. The van der Waals surface area contributed by atoms with Crippen LogP contribution in [0.4, 0.5) is 19.1 Å². The first-order chi connectivity index (χ1) is 10.6. The van der Waals surface area contributed by atoms with Crippen LogP contribution in [0.2, 0.25) is 0 Å². The Morgan fingerprint density at radius 2 is 1.77 bits per heavy atom. The van der Waals surface area contributed by atoms with Gasteiger partial charge >= 0.3 is 6.18 Å². The third-order valence-corrected chi connectivity index (χ3v) is 3.55. The monoisotopic (exact) mass is 308 g/mol. The van der Waals surface area contributed by atoms with Crippen molar-refractivity contribution in [2.75, 3.05) is 31.1 Å². The number of anilines is 1. The number of nitrogens with zero attached hydrogens (tertiary/aromatic N) is 3. The van der Waals surface area contributed by atoms with Crippen LogP contribution in [0.1, 0.15) is 5.56 Å². The topological polar surface area (TPSA) is 41.1 Å². The quantitative estimate of drug-likeness (QED) is 0.926. The summed E-state index contributed by atoms with van der Waals surface area (Å²) < 4.78 is 39.4. The Bertz CT molecular complexity index is 651. The Morgan fingerprint density at radius 1 is 1.05 bits per heavy atom. The van der Waals surface area contributed by atoms with Crippen LogP contribution in [-0.4, -0.2) is 36.1 Å². The van der Waals surface area contributed by atoms with Gasteiger partial charge in [0.15, 0.2) is 0 Å².